The fraction of sp³-hybridized carbons (Fsp3) is 0.923. The normalized spacial score (nSPS) is 13.9. The molecule has 0 aliphatic heterocycles. The van der Waals surface area contributed by atoms with Gasteiger partial charge in [0.1, 0.15) is 6.10 Å². The van der Waals surface area contributed by atoms with Crippen LogP contribution < -0.4 is 5.32 Å². The van der Waals surface area contributed by atoms with E-state index in [1.807, 2.05) is 13.8 Å². The molecule has 0 fully saturated rings. The first-order valence-corrected chi connectivity index (χ1v) is 6.18. The van der Waals surface area contributed by atoms with Gasteiger partial charge in [0.25, 0.3) is 0 Å². The van der Waals surface area contributed by atoms with E-state index >= 15 is 0 Å². The lowest BCUT2D eigenvalue weighted by atomic mass is 9.89. The van der Waals surface area contributed by atoms with Gasteiger partial charge in [-0.2, -0.15) is 0 Å². The zero-order valence-corrected chi connectivity index (χ0v) is 11.6. The van der Waals surface area contributed by atoms with Gasteiger partial charge in [0.2, 0.25) is 5.91 Å². The Labute approximate surface area is 99.9 Å². The molecule has 0 saturated heterocycles. The molecule has 96 valence electrons. The number of rotatable bonds is 6. The third-order valence-corrected chi connectivity index (χ3v) is 2.04. The molecular formula is C13H27NO2. The summed E-state index contributed by atoms with van der Waals surface area (Å²) in [7, 11) is 0. The standard InChI is InChI=1S/C13H27NO2/c1-7-8-16-11(9-13(4,5)6)12(15)14-10(2)3/h10-11H,7-9H2,1-6H3,(H,14,15). The molecule has 1 unspecified atom stereocenters. The van der Waals surface area contributed by atoms with Crippen molar-refractivity contribution < 1.29 is 9.53 Å². The number of hydrogen-bond acceptors (Lipinski definition) is 2. The molecular weight excluding hydrogens is 202 g/mol. The minimum atomic E-state index is -0.317. The second-order valence-corrected chi connectivity index (χ2v) is 5.79. The molecule has 1 amide bonds. The lowest BCUT2D eigenvalue weighted by Crippen LogP contribution is -2.42. The van der Waals surface area contributed by atoms with Crippen molar-refractivity contribution in [2.24, 2.45) is 5.41 Å². The quantitative estimate of drug-likeness (QED) is 0.760. The maximum absolute atomic E-state index is 11.9. The molecule has 1 atom stereocenters. The van der Waals surface area contributed by atoms with Gasteiger partial charge in [-0.15, -0.1) is 0 Å². The van der Waals surface area contributed by atoms with Gasteiger partial charge in [0.15, 0.2) is 0 Å². The first kappa shape index (κ1) is 15.4. The van der Waals surface area contributed by atoms with E-state index in [-0.39, 0.29) is 23.5 Å². The van der Waals surface area contributed by atoms with Crippen LogP contribution in [0.15, 0.2) is 0 Å². The second-order valence-electron chi connectivity index (χ2n) is 5.79. The van der Waals surface area contributed by atoms with Crippen molar-refractivity contribution >= 4 is 5.91 Å². The number of ether oxygens (including phenoxy) is 1. The van der Waals surface area contributed by atoms with E-state index in [0.29, 0.717) is 6.61 Å². The van der Waals surface area contributed by atoms with Crippen molar-refractivity contribution in [1.29, 1.82) is 0 Å². The highest BCUT2D eigenvalue weighted by atomic mass is 16.5. The van der Waals surface area contributed by atoms with Crippen LogP contribution in [0.5, 0.6) is 0 Å². The van der Waals surface area contributed by atoms with E-state index in [2.05, 4.69) is 33.0 Å². The summed E-state index contributed by atoms with van der Waals surface area (Å²) in [6.07, 6.45) is 1.38. The van der Waals surface area contributed by atoms with Crippen LogP contribution in [0.2, 0.25) is 0 Å². The molecule has 0 saturated carbocycles. The molecule has 0 bridgehead atoms. The Hall–Kier alpha value is -0.570. The molecule has 3 nitrogen and oxygen atoms in total. The van der Waals surface area contributed by atoms with Crippen LogP contribution in [0.1, 0.15) is 54.4 Å². The van der Waals surface area contributed by atoms with Crippen LogP contribution >= 0.6 is 0 Å². The lowest BCUT2D eigenvalue weighted by molar-refractivity contribution is -0.135. The number of carbonyl (C=O) groups excluding carboxylic acids is 1. The van der Waals surface area contributed by atoms with Crippen LogP contribution in [0.25, 0.3) is 0 Å². The lowest BCUT2D eigenvalue weighted by Gasteiger charge is -2.26. The van der Waals surface area contributed by atoms with Gasteiger partial charge in [-0.25, -0.2) is 0 Å². The minimum absolute atomic E-state index is 0.0124. The molecule has 0 aromatic rings. The highest BCUT2D eigenvalue weighted by Gasteiger charge is 2.25. The predicted molar refractivity (Wildman–Crippen MR) is 67.4 cm³/mol. The molecule has 0 aromatic heterocycles. The average Bonchev–Trinajstić information content (AvgIpc) is 2.09. The van der Waals surface area contributed by atoms with Crippen molar-refractivity contribution in [3.8, 4) is 0 Å². The van der Waals surface area contributed by atoms with Crippen molar-refractivity contribution in [2.45, 2.75) is 66.5 Å². The highest BCUT2D eigenvalue weighted by molar-refractivity contribution is 5.81. The van der Waals surface area contributed by atoms with Crippen molar-refractivity contribution in [3.63, 3.8) is 0 Å². The van der Waals surface area contributed by atoms with E-state index in [1.165, 1.54) is 0 Å². The molecule has 3 heteroatoms. The average molecular weight is 229 g/mol. The van der Waals surface area contributed by atoms with E-state index in [1.54, 1.807) is 0 Å². The number of hydrogen-bond donors (Lipinski definition) is 1. The zero-order chi connectivity index (χ0) is 12.8. The first-order chi connectivity index (χ1) is 7.26. The van der Waals surface area contributed by atoms with Crippen molar-refractivity contribution in [1.82, 2.24) is 5.32 Å². The third-order valence-electron chi connectivity index (χ3n) is 2.04. The second kappa shape index (κ2) is 6.89. The van der Waals surface area contributed by atoms with Gasteiger partial charge in [-0.1, -0.05) is 27.7 Å². The third kappa shape index (κ3) is 7.69. The summed E-state index contributed by atoms with van der Waals surface area (Å²) in [6.45, 7) is 13.0. The molecule has 0 heterocycles. The summed E-state index contributed by atoms with van der Waals surface area (Å²) in [5, 5.41) is 2.91. The van der Waals surface area contributed by atoms with E-state index < -0.39 is 0 Å². The Balaban J connectivity index is 4.35. The maximum Gasteiger partial charge on any atom is 0.249 e. The highest BCUT2D eigenvalue weighted by Crippen LogP contribution is 2.22. The molecule has 16 heavy (non-hydrogen) atoms. The van der Waals surface area contributed by atoms with E-state index in [9.17, 15) is 4.79 Å². The van der Waals surface area contributed by atoms with Gasteiger partial charge in [0.05, 0.1) is 0 Å². The Morgan fingerprint density at radius 3 is 2.25 bits per heavy atom. The molecule has 0 radical (unpaired) electrons. The molecule has 0 rings (SSSR count). The number of amides is 1. The van der Waals surface area contributed by atoms with Gasteiger partial charge >= 0.3 is 0 Å². The summed E-state index contributed by atoms with van der Waals surface area (Å²) < 4.78 is 5.62. The SMILES string of the molecule is CCCOC(CC(C)(C)C)C(=O)NC(C)C. The first-order valence-electron chi connectivity index (χ1n) is 6.18. The Bertz CT molecular complexity index is 206. The van der Waals surface area contributed by atoms with Gasteiger partial charge in [-0.05, 0) is 32.1 Å². The molecule has 0 aliphatic carbocycles. The van der Waals surface area contributed by atoms with Crippen LogP contribution in [-0.4, -0.2) is 24.7 Å². The Morgan fingerprint density at radius 1 is 1.31 bits per heavy atom. The minimum Gasteiger partial charge on any atom is -0.368 e. The van der Waals surface area contributed by atoms with E-state index in [4.69, 9.17) is 4.74 Å². The smallest absolute Gasteiger partial charge is 0.249 e. The number of carbonyl (C=O) groups is 1. The summed E-state index contributed by atoms with van der Waals surface area (Å²) in [6, 6.07) is 0.167. The molecule has 0 spiro atoms. The summed E-state index contributed by atoms with van der Waals surface area (Å²) in [5.41, 5.74) is 0.104. The molecule has 0 aromatic carbocycles. The Kier molecular flexibility index (Phi) is 6.65. The molecule has 0 aliphatic rings. The summed E-state index contributed by atoms with van der Waals surface area (Å²) in [4.78, 5) is 11.9. The van der Waals surface area contributed by atoms with Gasteiger partial charge in [0, 0.05) is 12.6 Å². The summed E-state index contributed by atoms with van der Waals surface area (Å²) in [5.74, 6) is 0.0124. The largest absolute Gasteiger partial charge is 0.368 e. The van der Waals surface area contributed by atoms with Crippen LogP contribution in [0.3, 0.4) is 0 Å². The molecule has 1 N–H and O–H groups in total. The van der Waals surface area contributed by atoms with Crippen LogP contribution in [0.4, 0.5) is 0 Å². The fourth-order valence-corrected chi connectivity index (χ4v) is 1.42. The fourth-order valence-electron chi connectivity index (χ4n) is 1.42. The van der Waals surface area contributed by atoms with Crippen molar-refractivity contribution in [3.05, 3.63) is 0 Å². The topological polar surface area (TPSA) is 38.3 Å². The Morgan fingerprint density at radius 2 is 1.88 bits per heavy atom. The van der Waals surface area contributed by atoms with E-state index in [0.717, 1.165) is 12.8 Å². The van der Waals surface area contributed by atoms with Crippen LogP contribution in [0, 0.1) is 5.41 Å². The monoisotopic (exact) mass is 229 g/mol. The van der Waals surface area contributed by atoms with Crippen LogP contribution in [-0.2, 0) is 9.53 Å². The summed E-state index contributed by atoms with van der Waals surface area (Å²) >= 11 is 0. The van der Waals surface area contributed by atoms with Gasteiger partial charge in [-0.3, -0.25) is 4.79 Å². The van der Waals surface area contributed by atoms with Gasteiger partial charge < -0.3 is 10.1 Å². The predicted octanol–water partition coefficient (Wildman–Crippen LogP) is 2.74. The zero-order valence-electron chi connectivity index (χ0n) is 11.6. The number of nitrogens with one attached hydrogen (secondary N) is 1. The maximum atomic E-state index is 11.9. The van der Waals surface area contributed by atoms with Crippen molar-refractivity contribution in [2.75, 3.05) is 6.61 Å².